The molecule has 0 bridgehead atoms. The van der Waals surface area contributed by atoms with Gasteiger partial charge in [-0.25, -0.2) is 0 Å². The molecule has 1 saturated heterocycles. The molecule has 2 unspecified atom stereocenters. The third kappa shape index (κ3) is 4.76. The van der Waals surface area contributed by atoms with Crippen LogP contribution in [0.2, 0.25) is 0 Å². The zero-order valence-corrected chi connectivity index (χ0v) is 12.1. The largest absolute Gasteiger partial charge is 0.480 e. The first-order valence-electron chi connectivity index (χ1n) is 7.53. The molecule has 2 atom stereocenters. The van der Waals surface area contributed by atoms with Gasteiger partial charge in [-0.3, -0.25) is 14.5 Å². The summed E-state index contributed by atoms with van der Waals surface area (Å²) in [7, 11) is 0. The van der Waals surface area contributed by atoms with Crippen molar-refractivity contribution in [2.75, 3.05) is 26.2 Å². The van der Waals surface area contributed by atoms with E-state index in [1.165, 1.54) is 0 Å². The maximum atomic E-state index is 12.1. The minimum atomic E-state index is -0.824. The Morgan fingerprint density at radius 1 is 1.35 bits per heavy atom. The Morgan fingerprint density at radius 2 is 2.10 bits per heavy atom. The van der Waals surface area contributed by atoms with Crippen LogP contribution >= 0.6 is 0 Å². The predicted molar refractivity (Wildman–Crippen MR) is 75.4 cm³/mol. The van der Waals surface area contributed by atoms with Crippen LogP contribution in [0.25, 0.3) is 0 Å². The van der Waals surface area contributed by atoms with Crippen LogP contribution in [0.4, 0.5) is 0 Å². The highest BCUT2D eigenvalue weighted by atomic mass is 16.4. The number of carboxylic acids is 1. The lowest BCUT2D eigenvalue weighted by molar-refractivity contribution is -0.136. The first-order chi connectivity index (χ1) is 9.56. The van der Waals surface area contributed by atoms with Crippen LogP contribution in [0.5, 0.6) is 0 Å². The van der Waals surface area contributed by atoms with Crippen molar-refractivity contribution in [3.63, 3.8) is 0 Å². The molecule has 1 heterocycles. The van der Waals surface area contributed by atoms with Crippen LogP contribution in [0, 0.1) is 5.92 Å². The molecular weight excluding hydrogens is 258 g/mol. The number of aliphatic carboxylic acids is 1. The Labute approximate surface area is 119 Å². The Morgan fingerprint density at radius 3 is 2.75 bits per heavy atom. The van der Waals surface area contributed by atoms with Crippen LogP contribution in [0.3, 0.4) is 0 Å². The second-order valence-electron chi connectivity index (χ2n) is 5.99. The summed E-state index contributed by atoms with van der Waals surface area (Å²) in [6, 6.07) is 0.320. The molecule has 1 amide bonds. The smallest absolute Gasteiger partial charge is 0.317 e. The molecule has 6 heteroatoms. The zero-order valence-electron chi connectivity index (χ0n) is 12.1. The quantitative estimate of drug-likeness (QED) is 0.614. The molecule has 1 saturated carbocycles. The summed E-state index contributed by atoms with van der Waals surface area (Å²) in [5.41, 5.74) is 0. The normalized spacial score (nSPS) is 25.1. The monoisotopic (exact) mass is 283 g/mol. The van der Waals surface area contributed by atoms with E-state index in [9.17, 15) is 9.59 Å². The molecule has 0 aromatic rings. The third-order valence-corrected chi connectivity index (χ3v) is 4.11. The summed E-state index contributed by atoms with van der Waals surface area (Å²) in [5, 5.41) is 14.6. The van der Waals surface area contributed by atoms with E-state index in [2.05, 4.69) is 15.5 Å². The van der Waals surface area contributed by atoms with Crippen molar-refractivity contribution in [2.24, 2.45) is 5.92 Å². The van der Waals surface area contributed by atoms with Crippen LogP contribution in [-0.2, 0) is 9.59 Å². The van der Waals surface area contributed by atoms with E-state index in [4.69, 9.17) is 5.11 Å². The van der Waals surface area contributed by atoms with E-state index in [1.54, 1.807) is 0 Å². The first kappa shape index (κ1) is 15.3. The number of nitrogens with one attached hydrogen (secondary N) is 2. The SMILES string of the molecule is CC(C(=O)NC1CC1)N1CCCC(CNCC(=O)O)C1. The molecule has 0 radical (unpaired) electrons. The van der Waals surface area contributed by atoms with E-state index in [1.807, 2.05) is 6.92 Å². The highest BCUT2D eigenvalue weighted by molar-refractivity contribution is 5.81. The van der Waals surface area contributed by atoms with Crippen molar-refractivity contribution < 1.29 is 14.7 Å². The number of amides is 1. The Hall–Kier alpha value is -1.14. The van der Waals surface area contributed by atoms with Gasteiger partial charge >= 0.3 is 5.97 Å². The highest BCUT2D eigenvalue weighted by Crippen LogP contribution is 2.21. The Kier molecular flexibility index (Phi) is 5.37. The van der Waals surface area contributed by atoms with Crippen molar-refractivity contribution in [1.82, 2.24) is 15.5 Å². The molecule has 2 fully saturated rings. The lowest BCUT2D eigenvalue weighted by Crippen LogP contribution is -2.50. The van der Waals surface area contributed by atoms with Crippen LogP contribution in [0.1, 0.15) is 32.6 Å². The molecule has 6 nitrogen and oxygen atoms in total. The van der Waals surface area contributed by atoms with E-state index in [0.29, 0.717) is 18.5 Å². The van der Waals surface area contributed by atoms with E-state index >= 15 is 0 Å². The predicted octanol–water partition coefficient (Wildman–Crippen LogP) is 0.0397. The van der Waals surface area contributed by atoms with Crippen LogP contribution in [-0.4, -0.2) is 60.1 Å². The summed E-state index contributed by atoms with van der Waals surface area (Å²) in [6.45, 7) is 4.50. The number of hydrogen-bond donors (Lipinski definition) is 3. The molecule has 20 heavy (non-hydrogen) atoms. The molecular formula is C14H25N3O3. The van der Waals surface area contributed by atoms with Gasteiger partial charge in [-0.2, -0.15) is 0 Å². The first-order valence-corrected chi connectivity index (χ1v) is 7.53. The van der Waals surface area contributed by atoms with Gasteiger partial charge in [-0.1, -0.05) is 0 Å². The van der Waals surface area contributed by atoms with E-state index < -0.39 is 5.97 Å². The topological polar surface area (TPSA) is 81.7 Å². The summed E-state index contributed by atoms with van der Waals surface area (Å²) < 4.78 is 0. The van der Waals surface area contributed by atoms with E-state index in [-0.39, 0.29) is 18.5 Å². The fraction of sp³-hybridized carbons (Fsp3) is 0.857. The van der Waals surface area contributed by atoms with Gasteiger partial charge in [0.25, 0.3) is 0 Å². The molecule has 2 aliphatic rings. The van der Waals surface area contributed by atoms with Crippen molar-refractivity contribution in [2.45, 2.75) is 44.7 Å². The summed E-state index contributed by atoms with van der Waals surface area (Å²) in [4.78, 5) is 24.8. The molecule has 0 aromatic heterocycles. The Bertz CT molecular complexity index is 358. The van der Waals surface area contributed by atoms with Gasteiger partial charge in [0.15, 0.2) is 0 Å². The molecule has 1 aliphatic heterocycles. The lowest BCUT2D eigenvalue weighted by atomic mass is 9.96. The van der Waals surface area contributed by atoms with E-state index in [0.717, 1.165) is 38.8 Å². The number of nitrogens with zero attached hydrogens (tertiary/aromatic N) is 1. The zero-order chi connectivity index (χ0) is 14.5. The Balaban J connectivity index is 1.73. The average molecular weight is 283 g/mol. The fourth-order valence-electron chi connectivity index (χ4n) is 2.71. The van der Waals surface area contributed by atoms with Crippen LogP contribution < -0.4 is 10.6 Å². The second kappa shape index (κ2) is 7.04. The molecule has 0 spiro atoms. The van der Waals surface area contributed by atoms with Crippen LogP contribution in [0.15, 0.2) is 0 Å². The van der Waals surface area contributed by atoms with Gasteiger partial charge in [0.1, 0.15) is 0 Å². The maximum absolute atomic E-state index is 12.1. The van der Waals surface area contributed by atoms with Gasteiger partial charge in [0.05, 0.1) is 12.6 Å². The number of carboxylic acid groups (broad SMARTS) is 1. The average Bonchev–Trinajstić information content (AvgIpc) is 3.21. The van der Waals surface area contributed by atoms with Crippen molar-refractivity contribution in [3.05, 3.63) is 0 Å². The molecule has 114 valence electrons. The standard InChI is InChI=1S/C14H25N3O3/c1-10(14(20)16-12-4-5-12)17-6-2-3-11(9-17)7-15-8-13(18)19/h10-12,15H,2-9H2,1H3,(H,16,20)(H,18,19). The van der Waals surface area contributed by atoms with Crippen molar-refractivity contribution in [1.29, 1.82) is 0 Å². The van der Waals surface area contributed by atoms with Gasteiger partial charge < -0.3 is 15.7 Å². The molecule has 3 N–H and O–H groups in total. The number of likely N-dealkylation sites (tertiary alicyclic amines) is 1. The maximum Gasteiger partial charge on any atom is 0.317 e. The summed E-state index contributed by atoms with van der Waals surface area (Å²) >= 11 is 0. The summed E-state index contributed by atoms with van der Waals surface area (Å²) in [6.07, 6.45) is 4.39. The number of piperidine rings is 1. The molecule has 1 aliphatic carbocycles. The number of carbonyl (C=O) groups excluding carboxylic acids is 1. The number of hydrogen-bond acceptors (Lipinski definition) is 4. The van der Waals surface area contributed by atoms with Gasteiger partial charge in [-0.15, -0.1) is 0 Å². The van der Waals surface area contributed by atoms with Gasteiger partial charge in [-0.05, 0) is 51.6 Å². The highest BCUT2D eigenvalue weighted by Gasteiger charge is 2.30. The number of rotatable bonds is 7. The fourth-order valence-corrected chi connectivity index (χ4v) is 2.71. The number of carbonyl (C=O) groups is 2. The second-order valence-corrected chi connectivity index (χ2v) is 5.99. The minimum absolute atomic E-state index is 0.00815. The van der Waals surface area contributed by atoms with Crippen molar-refractivity contribution >= 4 is 11.9 Å². The van der Waals surface area contributed by atoms with Gasteiger partial charge in [0.2, 0.25) is 5.91 Å². The molecule has 2 rings (SSSR count). The lowest BCUT2D eigenvalue weighted by Gasteiger charge is -2.36. The minimum Gasteiger partial charge on any atom is -0.480 e. The third-order valence-electron chi connectivity index (χ3n) is 4.11. The summed E-state index contributed by atoms with van der Waals surface area (Å²) in [5.74, 6) is -0.263. The van der Waals surface area contributed by atoms with Crippen molar-refractivity contribution in [3.8, 4) is 0 Å². The van der Waals surface area contributed by atoms with Gasteiger partial charge in [0, 0.05) is 12.6 Å². The molecule has 0 aromatic carbocycles.